The summed E-state index contributed by atoms with van der Waals surface area (Å²) < 4.78 is 5.46. The number of carbonyl (C=O) groups excluding carboxylic acids is 2. The first kappa shape index (κ1) is 20.7. The third-order valence-corrected chi connectivity index (χ3v) is 5.76. The molecule has 0 unspecified atom stereocenters. The molecule has 1 aliphatic heterocycles. The number of methoxy groups -OCH3 is 1. The van der Waals surface area contributed by atoms with Crippen LogP contribution in [-0.2, 0) is 0 Å². The number of carbonyl (C=O) groups is 2. The Labute approximate surface area is 182 Å². The van der Waals surface area contributed by atoms with Crippen LogP contribution in [0.5, 0.6) is 5.75 Å². The highest BCUT2D eigenvalue weighted by atomic mass is 16.5. The lowest BCUT2D eigenvalue weighted by molar-refractivity contribution is 0.0535. The molecule has 0 atom stereocenters. The number of amides is 2. The maximum absolute atomic E-state index is 13.1. The molecule has 0 aromatic heterocycles. The average molecular weight is 415 g/mol. The van der Waals surface area contributed by atoms with E-state index in [2.05, 4.69) is 0 Å². The molecular weight excluding hydrogens is 388 g/mol. The lowest BCUT2D eigenvalue weighted by Gasteiger charge is -2.35. The fourth-order valence-corrected chi connectivity index (χ4v) is 3.98. The number of rotatable bonds is 4. The SMILES string of the molecule is COc1ccccc1-c1cccc(C(=O)N2CCN(C(=O)c3ccccc3C)CC2)c1. The molecule has 4 rings (SSSR count). The van der Waals surface area contributed by atoms with Crippen LogP contribution in [0.15, 0.2) is 72.8 Å². The van der Waals surface area contributed by atoms with Gasteiger partial charge in [0.2, 0.25) is 0 Å². The van der Waals surface area contributed by atoms with E-state index < -0.39 is 0 Å². The van der Waals surface area contributed by atoms with Crippen molar-refractivity contribution in [3.8, 4) is 16.9 Å². The van der Waals surface area contributed by atoms with Crippen LogP contribution in [0, 0.1) is 6.92 Å². The van der Waals surface area contributed by atoms with Crippen LogP contribution < -0.4 is 4.74 Å². The maximum Gasteiger partial charge on any atom is 0.254 e. The van der Waals surface area contributed by atoms with Crippen molar-refractivity contribution >= 4 is 11.8 Å². The lowest BCUT2D eigenvalue weighted by atomic mass is 10.0. The van der Waals surface area contributed by atoms with Gasteiger partial charge in [0, 0.05) is 42.9 Å². The van der Waals surface area contributed by atoms with E-state index in [0.717, 1.165) is 28.0 Å². The van der Waals surface area contributed by atoms with Crippen molar-refractivity contribution in [3.05, 3.63) is 89.5 Å². The highest BCUT2D eigenvalue weighted by molar-refractivity contribution is 5.97. The molecule has 1 saturated heterocycles. The molecule has 1 fully saturated rings. The van der Waals surface area contributed by atoms with Crippen molar-refractivity contribution < 1.29 is 14.3 Å². The largest absolute Gasteiger partial charge is 0.496 e. The summed E-state index contributed by atoms with van der Waals surface area (Å²) in [4.78, 5) is 29.6. The van der Waals surface area contributed by atoms with E-state index in [1.165, 1.54) is 0 Å². The molecular formula is C26H26N2O3. The van der Waals surface area contributed by atoms with Gasteiger partial charge in [-0.3, -0.25) is 9.59 Å². The number of piperazine rings is 1. The third kappa shape index (κ3) is 4.31. The van der Waals surface area contributed by atoms with E-state index in [0.29, 0.717) is 31.7 Å². The van der Waals surface area contributed by atoms with E-state index >= 15 is 0 Å². The summed E-state index contributed by atoms with van der Waals surface area (Å²) in [7, 11) is 1.64. The van der Waals surface area contributed by atoms with Crippen molar-refractivity contribution in [3.63, 3.8) is 0 Å². The predicted molar refractivity (Wildman–Crippen MR) is 121 cm³/mol. The van der Waals surface area contributed by atoms with Gasteiger partial charge >= 0.3 is 0 Å². The zero-order valence-corrected chi connectivity index (χ0v) is 17.9. The highest BCUT2D eigenvalue weighted by Gasteiger charge is 2.26. The van der Waals surface area contributed by atoms with Crippen LogP contribution in [0.2, 0.25) is 0 Å². The molecule has 1 aliphatic rings. The first-order valence-electron chi connectivity index (χ1n) is 10.5. The molecule has 3 aromatic carbocycles. The molecule has 0 bridgehead atoms. The second-order valence-electron chi connectivity index (χ2n) is 7.68. The monoisotopic (exact) mass is 414 g/mol. The second-order valence-corrected chi connectivity index (χ2v) is 7.68. The number of nitrogens with zero attached hydrogens (tertiary/aromatic N) is 2. The number of benzene rings is 3. The zero-order valence-electron chi connectivity index (χ0n) is 17.9. The quantitative estimate of drug-likeness (QED) is 0.641. The highest BCUT2D eigenvalue weighted by Crippen LogP contribution is 2.30. The molecule has 5 nitrogen and oxygen atoms in total. The van der Waals surface area contributed by atoms with E-state index in [1.54, 1.807) is 7.11 Å². The van der Waals surface area contributed by atoms with Crippen molar-refractivity contribution in [2.24, 2.45) is 0 Å². The van der Waals surface area contributed by atoms with Crippen molar-refractivity contribution in [1.82, 2.24) is 9.80 Å². The fourth-order valence-electron chi connectivity index (χ4n) is 3.98. The lowest BCUT2D eigenvalue weighted by Crippen LogP contribution is -2.50. The minimum absolute atomic E-state index is 0.0141. The molecule has 0 saturated carbocycles. The summed E-state index contributed by atoms with van der Waals surface area (Å²) in [6.07, 6.45) is 0. The fraction of sp³-hybridized carbons (Fsp3) is 0.231. The Morgan fingerprint density at radius 2 is 1.42 bits per heavy atom. The van der Waals surface area contributed by atoms with E-state index in [1.807, 2.05) is 89.5 Å². The Morgan fingerprint density at radius 3 is 2.13 bits per heavy atom. The van der Waals surface area contributed by atoms with Crippen LogP contribution in [0.25, 0.3) is 11.1 Å². The van der Waals surface area contributed by atoms with Gasteiger partial charge in [0.25, 0.3) is 11.8 Å². The molecule has 3 aromatic rings. The Kier molecular flexibility index (Phi) is 6.03. The summed E-state index contributed by atoms with van der Waals surface area (Å²) in [5, 5.41) is 0. The van der Waals surface area contributed by atoms with Gasteiger partial charge in [0.05, 0.1) is 7.11 Å². The minimum Gasteiger partial charge on any atom is -0.496 e. The van der Waals surface area contributed by atoms with Gasteiger partial charge < -0.3 is 14.5 Å². The molecule has 0 radical (unpaired) electrons. The topological polar surface area (TPSA) is 49.9 Å². The molecule has 0 N–H and O–H groups in total. The first-order valence-corrected chi connectivity index (χ1v) is 10.5. The molecule has 5 heteroatoms. The third-order valence-electron chi connectivity index (χ3n) is 5.76. The standard InChI is InChI=1S/C26H26N2O3/c1-19-8-3-4-11-22(19)26(30)28-16-14-27(15-17-28)25(29)21-10-7-9-20(18-21)23-12-5-6-13-24(23)31-2/h3-13,18H,14-17H2,1-2H3. The summed E-state index contributed by atoms with van der Waals surface area (Å²) in [6, 6.07) is 23.0. The van der Waals surface area contributed by atoms with Gasteiger partial charge in [-0.2, -0.15) is 0 Å². The second kappa shape index (κ2) is 9.04. The number of aryl methyl sites for hydroxylation is 1. The molecule has 0 spiro atoms. The predicted octanol–water partition coefficient (Wildman–Crippen LogP) is 4.27. The van der Waals surface area contributed by atoms with Crippen LogP contribution in [0.1, 0.15) is 26.3 Å². The van der Waals surface area contributed by atoms with Gasteiger partial charge in [-0.1, -0.05) is 48.5 Å². The number of hydrogen-bond acceptors (Lipinski definition) is 3. The van der Waals surface area contributed by atoms with Crippen molar-refractivity contribution in [2.45, 2.75) is 6.92 Å². The van der Waals surface area contributed by atoms with Gasteiger partial charge in [-0.05, 0) is 42.3 Å². The van der Waals surface area contributed by atoms with Crippen molar-refractivity contribution in [2.75, 3.05) is 33.3 Å². The van der Waals surface area contributed by atoms with Crippen molar-refractivity contribution in [1.29, 1.82) is 0 Å². The van der Waals surface area contributed by atoms with Crippen LogP contribution in [-0.4, -0.2) is 54.9 Å². The summed E-state index contributed by atoms with van der Waals surface area (Å²) in [6.45, 7) is 4.06. The number of hydrogen-bond donors (Lipinski definition) is 0. The normalized spacial score (nSPS) is 13.7. The maximum atomic E-state index is 13.1. The van der Waals surface area contributed by atoms with Crippen LogP contribution >= 0.6 is 0 Å². The molecule has 2 amide bonds. The molecule has 0 aliphatic carbocycles. The summed E-state index contributed by atoms with van der Waals surface area (Å²) >= 11 is 0. The van der Waals surface area contributed by atoms with Gasteiger partial charge in [-0.15, -0.1) is 0 Å². The summed E-state index contributed by atoms with van der Waals surface area (Å²) in [5.74, 6) is 0.790. The zero-order chi connectivity index (χ0) is 21.8. The Balaban J connectivity index is 1.46. The Hall–Kier alpha value is -3.60. The number of ether oxygens (including phenoxy) is 1. The number of para-hydroxylation sites is 1. The molecule has 158 valence electrons. The molecule has 1 heterocycles. The molecule has 31 heavy (non-hydrogen) atoms. The smallest absolute Gasteiger partial charge is 0.254 e. The first-order chi connectivity index (χ1) is 15.1. The minimum atomic E-state index is -0.0141. The average Bonchev–Trinajstić information content (AvgIpc) is 2.83. The Morgan fingerprint density at radius 1 is 0.774 bits per heavy atom. The Bertz CT molecular complexity index is 1100. The van der Waals surface area contributed by atoms with Gasteiger partial charge in [0.1, 0.15) is 5.75 Å². The van der Waals surface area contributed by atoms with Crippen LogP contribution in [0.3, 0.4) is 0 Å². The van der Waals surface area contributed by atoms with Crippen LogP contribution in [0.4, 0.5) is 0 Å². The van der Waals surface area contributed by atoms with E-state index in [4.69, 9.17) is 4.74 Å². The summed E-state index contributed by atoms with van der Waals surface area (Å²) in [5.41, 5.74) is 4.23. The van der Waals surface area contributed by atoms with E-state index in [-0.39, 0.29) is 11.8 Å². The van der Waals surface area contributed by atoms with Gasteiger partial charge in [0.15, 0.2) is 0 Å². The van der Waals surface area contributed by atoms with Gasteiger partial charge in [-0.25, -0.2) is 0 Å². The van der Waals surface area contributed by atoms with E-state index in [9.17, 15) is 9.59 Å².